The number of fused-ring (bicyclic) bond motifs is 3. The van der Waals surface area contributed by atoms with Crippen molar-refractivity contribution in [2.45, 2.75) is 29.7 Å². The lowest BCUT2D eigenvalue weighted by molar-refractivity contribution is 0.403. The van der Waals surface area contributed by atoms with Gasteiger partial charge in [0.05, 0.1) is 11.3 Å². The zero-order valence-electron chi connectivity index (χ0n) is 14.5. The zero-order valence-corrected chi connectivity index (χ0v) is 15.3. The van der Waals surface area contributed by atoms with Gasteiger partial charge >= 0.3 is 0 Å². The number of benzene rings is 2. The largest absolute Gasteiger partial charge is 0.367 e. The molecule has 0 unspecified atom stereocenters. The van der Waals surface area contributed by atoms with Crippen LogP contribution in [-0.2, 0) is 0 Å². The Morgan fingerprint density at radius 3 is 2.74 bits per heavy atom. The Morgan fingerprint density at radius 2 is 1.89 bits per heavy atom. The fraction of sp³-hybridized carbons (Fsp3) is 0.400. The summed E-state index contributed by atoms with van der Waals surface area (Å²) in [5, 5.41) is 3.40. The van der Waals surface area contributed by atoms with E-state index in [0.29, 0.717) is 12.1 Å². The molecular weight excluding hydrogens is 376 g/mol. The molecule has 27 heavy (non-hydrogen) atoms. The van der Waals surface area contributed by atoms with Gasteiger partial charge in [0.2, 0.25) is 0 Å². The second-order valence-electron chi connectivity index (χ2n) is 7.32. The Balaban J connectivity index is 1.73. The minimum Gasteiger partial charge on any atom is -0.367 e. The number of hydrogen-bond donors (Lipinski definition) is 1. The number of anilines is 1. The summed E-state index contributed by atoms with van der Waals surface area (Å²) in [6.45, 7) is 2.74. The van der Waals surface area contributed by atoms with Crippen molar-refractivity contribution in [2.75, 3.05) is 30.3 Å². The predicted molar refractivity (Wildman–Crippen MR) is 98.4 cm³/mol. The second-order valence-corrected chi connectivity index (χ2v) is 8.45. The average Bonchev–Trinajstić information content (AvgIpc) is 2.82. The average molecular weight is 394 g/mol. The molecule has 1 saturated heterocycles. The third-order valence-electron chi connectivity index (χ3n) is 5.84. The van der Waals surface area contributed by atoms with Crippen LogP contribution in [0.4, 0.5) is 23.2 Å². The standard InChI is InChI=1S/C20H18F4N2S/c21-13-8-14(22)18(23)19(24)17(13)10-6-11-12-9-25-3-2-15(12)26-4-1-5-27-16(7-10)20(11)26/h6-8,12,15,25H,1-5,9H2/t12-,15-/m0/s1. The van der Waals surface area contributed by atoms with Gasteiger partial charge in [0, 0.05) is 36.0 Å². The van der Waals surface area contributed by atoms with Crippen LogP contribution in [0.3, 0.4) is 0 Å². The molecule has 1 fully saturated rings. The van der Waals surface area contributed by atoms with E-state index in [1.165, 1.54) is 0 Å². The minimum absolute atomic E-state index is 0.238. The Morgan fingerprint density at radius 1 is 1.04 bits per heavy atom. The van der Waals surface area contributed by atoms with E-state index in [1.807, 2.05) is 0 Å². The highest BCUT2D eigenvalue weighted by Crippen LogP contribution is 2.51. The van der Waals surface area contributed by atoms with Gasteiger partial charge in [-0.15, -0.1) is 11.8 Å². The third-order valence-corrected chi connectivity index (χ3v) is 6.96. The quantitative estimate of drug-likeness (QED) is 0.430. The first kappa shape index (κ1) is 17.4. The van der Waals surface area contributed by atoms with Crippen LogP contribution in [0, 0.1) is 23.3 Å². The SMILES string of the molecule is Fc1cc(F)c(-c2cc3c4c(c2)[C@@H]2CNCC[C@@H]2N4CCCS3)c(F)c1F. The topological polar surface area (TPSA) is 15.3 Å². The second kappa shape index (κ2) is 6.41. The number of piperidine rings is 1. The van der Waals surface area contributed by atoms with Crippen LogP contribution in [-0.4, -0.2) is 31.4 Å². The molecule has 7 heteroatoms. The van der Waals surface area contributed by atoms with Crippen molar-refractivity contribution < 1.29 is 17.6 Å². The van der Waals surface area contributed by atoms with E-state index in [9.17, 15) is 17.6 Å². The lowest BCUT2D eigenvalue weighted by atomic mass is 9.88. The molecule has 2 aromatic carbocycles. The molecule has 3 heterocycles. The van der Waals surface area contributed by atoms with Gasteiger partial charge in [-0.2, -0.15) is 0 Å². The van der Waals surface area contributed by atoms with Crippen molar-refractivity contribution in [3.8, 4) is 11.1 Å². The summed E-state index contributed by atoms with van der Waals surface area (Å²) in [4.78, 5) is 3.41. The maximum Gasteiger partial charge on any atom is 0.195 e. The molecule has 2 atom stereocenters. The van der Waals surface area contributed by atoms with Crippen molar-refractivity contribution in [1.29, 1.82) is 0 Å². The molecule has 3 aliphatic rings. The molecule has 3 aliphatic heterocycles. The van der Waals surface area contributed by atoms with E-state index < -0.39 is 28.8 Å². The number of rotatable bonds is 1. The van der Waals surface area contributed by atoms with E-state index in [2.05, 4.69) is 10.2 Å². The van der Waals surface area contributed by atoms with Crippen LogP contribution in [0.2, 0.25) is 0 Å². The summed E-state index contributed by atoms with van der Waals surface area (Å²) >= 11 is 1.67. The summed E-state index contributed by atoms with van der Waals surface area (Å²) in [6.07, 6.45) is 2.06. The van der Waals surface area contributed by atoms with E-state index in [1.54, 1.807) is 23.9 Å². The van der Waals surface area contributed by atoms with E-state index >= 15 is 0 Å². The van der Waals surface area contributed by atoms with Gasteiger partial charge in [0.1, 0.15) is 5.82 Å². The molecule has 0 aromatic heterocycles. The number of halogens is 4. The third kappa shape index (κ3) is 2.58. The van der Waals surface area contributed by atoms with Crippen LogP contribution in [0.15, 0.2) is 23.1 Å². The first-order valence-electron chi connectivity index (χ1n) is 9.17. The first-order valence-corrected chi connectivity index (χ1v) is 10.2. The van der Waals surface area contributed by atoms with Gasteiger partial charge < -0.3 is 10.2 Å². The molecule has 2 nitrogen and oxygen atoms in total. The van der Waals surface area contributed by atoms with Gasteiger partial charge in [-0.3, -0.25) is 0 Å². The fourth-order valence-corrected chi connectivity index (χ4v) is 5.78. The molecule has 1 N–H and O–H groups in total. The highest BCUT2D eigenvalue weighted by molar-refractivity contribution is 7.99. The summed E-state index contributed by atoms with van der Waals surface area (Å²) in [7, 11) is 0. The molecule has 5 rings (SSSR count). The Kier molecular flexibility index (Phi) is 4.13. The maximum absolute atomic E-state index is 14.4. The highest BCUT2D eigenvalue weighted by atomic mass is 32.2. The minimum atomic E-state index is -1.63. The lowest BCUT2D eigenvalue weighted by Gasteiger charge is -2.33. The zero-order chi connectivity index (χ0) is 18.7. The molecule has 0 bridgehead atoms. The smallest absolute Gasteiger partial charge is 0.195 e. The van der Waals surface area contributed by atoms with Crippen molar-refractivity contribution in [2.24, 2.45) is 0 Å². The number of nitrogens with one attached hydrogen (secondary N) is 1. The Labute approximate surface area is 158 Å². The Hall–Kier alpha value is -1.73. The predicted octanol–water partition coefficient (Wildman–Crippen LogP) is 4.67. The molecule has 0 spiro atoms. The Bertz CT molecular complexity index is 933. The first-order chi connectivity index (χ1) is 13.1. The van der Waals surface area contributed by atoms with Crippen LogP contribution < -0.4 is 10.2 Å². The van der Waals surface area contributed by atoms with Gasteiger partial charge in [-0.1, -0.05) is 0 Å². The molecule has 0 amide bonds. The van der Waals surface area contributed by atoms with Crippen LogP contribution in [0.1, 0.15) is 24.3 Å². The van der Waals surface area contributed by atoms with E-state index in [0.717, 1.165) is 54.4 Å². The van der Waals surface area contributed by atoms with E-state index in [4.69, 9.17) is 0 Å². The van der Waals surface area contributed by atoms with Gasteiger partial charge in [-0.05, 0) is 48.4 Å². The summed E-state index contributed by atoms with van der Waals surface area (Å²) in [5.74, 6) is -4.53. The fourth-order valence-electron chi connectivity index (χ4n) is 4.70. The normalized spacial score (nSPS) is 23.8. The van der Waals surface area contributed by atoms with Crippen LogP contribution in [0.5, 0.6) is 0 Å². The van der Waals surface area contributed by atoms with Gasteiger partial charge in [0.15, 0.2) is 17.5 Å². The molecule has 0 radical (unpaired) electrons. The van der Waals surface area contributed by atoms with Gasteiger partial charge in [0.25, 0.3) is 0 Å². The molecule has 2 aromatic rings. The van der Waals surface area contributed by atoms with Gasteiger partial charge in [-0.25, -0.2) is 17.6 Å². The van der Waals surface area contributed by atoms with Crippen molar-refractivity contribution >= 4 is 17.4 Å². The van der Waals surface area contributed by atoms with Crippen molar-refractivity contribution in [3.05, 3.63) is 47.0 Å². The number of thioether (sulfide) groups is 1. The van der Waals surface area contributed by atoms with Crippen LogP contribution >= 0.6 is 11.8 Å². The number of hydrogen-bond acceptors (Lipinski definition) is 3. The van der Waals surface area contributed by atoms with Crippen LogP contribution in [0.25, 0.3) is 11.1 Å². The van der Waals surface area contributed by atoms with E-state index in [-0.39, 0.29) is 11.5 Å². The molecule has 142 valence electrons. The maximum atomic E-state index is 14.4. The molecule has 0 saturated carbocycles. The van der Waals surface area contributed by atoms with Crippen molar-refractivity contribution in [3.63, 3.8) is 0 Å². The molecular formula is C20H18F4N2S. The summed E-state index contributed by atoms with van der Waals surface area (Å²) in [6, 6.07) is 4.30. The summed E-state index contributed by atoms with van der Waals surface area (Å²) in [5.41, 5.74) is 2.00. The molecule has 0 aliphatic carbocycles. The highest BCUT2D eigenvalue weighted by Gasteiger charge is 2.42. The number of nitrogens with zero attached hydrogens (tertiary/aromatic N) is 1. The monoisotopic (exact) mass is 394 g/mol. The summed E-state index contributed by atoms with van der Waals surface area (Å²) < 4.78 is 56.0. The van der Waals surface area contributed by atoms with Crippen molar-refractivity contribution in [1.82, 2.24) is 5.32 Å². The lowest BCUT2D eigenvalue weighted by Crippen LogP contribution is -2.44.